The number of carbonyl (C=O) groups is 1. The second kappa shape index (κ2) is 8.97. The van der Waals surface area contributed by atoms with Gasteiger partial charge < -0.3 is 15.0 Å². The summed E-state index contributed by atoms with van der Waals surface area (Å²) in [7, 11) is 3.38. The van der Waals surface area contributed by atoms with Crippen LogP contribution in [-0.2, 0) is 11.3 Å². The minimum atomic E-state index is -0.286. The molecule has 1 fully saturated rings. The number of benzene rings is 2. The molecular weight excluding hydrogens is 345 g/mol. The Morgan fingerprint density at radius 2 is 2.00 bits per heavy atom. The van der Waals surface area contributed by atoms with Gasteiger partial charge in [0.25, 0.3) is 0 Å². The van der Waals surface area contributed by atoms with Gasteiger partial charge in [-0.15, -0.1) is 0 Å². The SMILES string of the molecule is COc1ccccc1C1CNCCN1CC(=O)N(C)Cc1ccccc1F. The van der Waals surface area contributed by atoms with E-state index in [0.29, 0.717) is 5.56 Å². The van der Waals surface area contributed by atoms with Crippen molar-refractivity contribution in [2.75, 3.05) is 40.3 Å². The van der Waals surface area contributed by atoms with Gasteiger partial charge in [0.2, 0.25) is 5.91 Å². The summed E-state index contributed by atoms with van der Waals surface area (Å²) in [5, 5.41) is 3.39. The molecule has 1 aliphatic rings. The first-order chi connectivity index (χ1) is 13.1. The van der Waals surface area contributed by atoms with Crippen LogP contribution in [0.1, 0.15) is 17.2 Å². The number of amides is 1. The zero-order valence-corrected chi connectivity index (χ0v) is 15.8. The molecule has 0 aliphatic carbocycles. The summed E-state index contributed by atoms with van der Waals surface area (Å²) >= 11 is 0. The molecule has 5 nitrogen and oxygen atoms in total. The maximum absolute atomic E-state index is 13.9. The molecule has 1 amide bonds. The molecule has 1 atom stereocenters. The Balaban J connectivity index is 1.70. The lowest BCUT2D eigenvalue weighted by molar-refractivity contribution is -0.132. The van der Waals surface area contributed by atoms with Crippen molar-refractivity contribution < 1.29 is 13.9 Å². The number of likely N-dealkylation sites (N-methyl/N-ethyl adjacent to an activating group) is 1. The predicted molar refractivity (Wildman–Crippen MR) is 103 cm³/mol. The van der Waals surface area contributed by atoms with Crippen LogP contribution in [0.5, 0.6) is 5.75 Å². The summed E-state index contributed by atoms with van der Waals surface area (Å²) < 4.78 is 19.4. The molecule has 1 heterocycles. The van der Waals surface area contributed by atoms with Crippen molar-refractivity contribution in [2.24, 2.45) is 0 Å². The maximum atomic E-state index is 13.9. The topological polar surface area (TPSA) is 44.8 Å². The van der Waals surface area contributed by atoms with Crippen LogP contribution in [0.4, 0.5) is 4.39 Å². The van der Waals surface area contributed by atoms with Gasteiger partial charge in [-0.25, -0.2) is 4.39 Å². The van der Waals surface area contributed by atoms with Gasteiger partial charge in [0.15, 0.2) is 0 Å². The van der Waals surface area contributed by atoms with E-state index < -0.39 is 0 Å². The summed E-state index contributed by atoms with van der Waals surface area (Å²) in [5.74, 6) is 0.509. The highest BCUT2D eigenvalue weighted by molar-refractivity contribution is 5.78. The molecule has 0 aromatic heterocycles. The van der Waals surface area contributed by atoms with Gasteiger partial charge in [-0.3, -0.25) is 9.69 Å². The molecule has 0 saturated carbocycles. The molecule has 144 valence electrons. The summed E-state index contributed by atoms with van der Waals surface area (Å²) in [6, 6.07) is 14.5. The fraction of sp³-hybridized carbons (Fsp3) is 0.381. The van der Waals surface area contributed by atoms with Crippen molar-refractivity contribution in [3.05, 3.63) is 65.5 Å². The van der Waals surface area contributed by atoms with Gasteiger partial charge in [-0.1, -0.05) is 36.4 Å². The highest BCUT2D eigenvalue weighted by Gasteiger charge is 2.28. The lowest BCUT2D eigenvalue weighted by Gasteiger charge is -2.37. The number of methoxy groups -OCH3 is 1. The number of piperazine rings is 1. The highest BCUT2D eigenvalue weighted by atomic mass is 19.1. The number of hydrogen-bond donors (Lipinski definition) is 1. The zero-order chi connectivity index (χ0) is 19.2. The quantitative estimate of drug-likeness (QED) is 0.847. The van der Waals surface area contributed by atoms with Crippen LogP contribution in [0.15, 0.2) is 48.5 Å². The van der Waals surface area contributed by atoms with Crippen molar-refractivity contribution in [1.82, 2.24) is 15.1 Å². The number of para-hydroxylation sites is 1. The average molecular weight is 371 g/mol. The molecule has 0 bridgehead atoms. The second-order valence-electron chi connectivity index (χ2n) is 6.77. The Hall–Kier alpha value is -2.44. The Morgan fingerprint density at radius 3 is 2.78 bits per heavy atom. The molecule has 6 heteroatoms. The summed E-state index contributed by atoms with van der Waals surface area (Å²) in [5.41, 5.74) is 1.59. The zero-order valence-electron chi connectivity index (χ0n) is 15.8. The Morgan fingerprint density at radius 1 is 1.26 bits per heavy atom. The highest BCUT2D eigenvalue weighted by Crippen LogP contribution is 2.30. The number of rotatable bonds is 6. The molecule has 1 unspecified atom stereocenters. The van der Waals surface area contributed by atoms with Crippen molar-refractivity contribution in [1.29, 1.82) is 0 Å². The van der Waals surface area contributed by atoms with Crippen molar-refractivity contribution in [3.63, 3.8) is 0 Å². The van der Waals surface area contributed by atoms with Crippen LogP contribution in [0.3, 0.4) is 0 Å². The number of nitrogens with one attached hydrogen (secondary N) is 1. The van der Waals surface area contributed by atoms with E-state index in [9.17, 15) is 9.18 Å². The van der Waals surface area contributed by atoms with Crippen LogP contribution < -0.4 is 10.1 Å². The van der Waals surface area contributed by atoms with E-state index in [4.69, 9.17) is 4.74 Å². The Labute approximate surface area is 159 Å². The largest absolute Gasteiger partial charge is 0.496 e. The number of carbonyl (C=O) groups excluding carboxylic acids is 1. The lowest BCUT2D eigenvalue weighted by Crippen LogP contribution is -2.49. The first-order valence-corrected chi connectivity index (χ1v) is 9.15. The first kappa shape index (κ1) is 19.3. The van der Waals surface area contributed by atoms with Gasteiger partial charge in [0.05, 0.1) is 19.7 Å². The van der Waals surface area contributed by atoms with E-state index in [1.165, 1.54) is 6.07 Å². The van der Waals surface area contributed by atoms with Crippen LogP contribution in [-0.4, -0.2) is 56.0 Å². The fourth-order valence-corrected chi connectivity index (χ4v) is 3.45. The molecule has 1 saturated heterocycles. The molecule has 1 aliphatic heterocycles. The smallest absolute Gasteiger partial charge is 0.236 e. The number of ether oxygens (including phenoxy) is 1. The van der Waals surface area contributed by atoms with Crippen LogP contribution in [0, 0.1) is 5.82 Å². The van der Waals surface area contributed by atoms with Crippen LogP contribution in [0.25, 0.3) is 0 Å². The van der Waals surface area contributed by atoms with Crippen LogP contribution in [0.2, 0.25) is 0 Å². The molecule has 3 rings (SSSR count). The monoisotopic (exact) mass is 371 g/mol. The predicted octanol–water partition coefficient (Wildman–Crippen LogP) is 2.44. The molecule has 1 N–H and O–H groups in total. The molecule has 0 radical (unpaired) electrons. The summed E-state index contributed by atoms with van der Waals surface area (Å²) in [4.78, 5) is 16.5. The second-order valence-corrected chi connectivity index (χ2v) is 6.77. The van der Waals surface area contributed by atoms with E-state index in [-0.39, 0.29) is 30.9 Å². The number of halogens is 1. The molecule has 0 spiro atoms. The van der Waals surface area contributed by atoms with Crippen molar-refractivity contribution >= 4 is 5.91 Å². The van der Waals surface area contributed by atoms with E-state index >= 15 is 0 Å². The normalized spacial score (nSPS) is 17.5. The van der Waals surface area contributed by atoms with Gasteiger partial charge in [0, 0.05) is 44.4 Å². The van der Waals surface area contributed by atoms with E-state index in [1.54, 1.807) is 37.3 Å². The van der Waals surface area contributed by atoms with Gasteiger partial charge >= 0.3 is 0 Å². The third-order valence-electron chi connectivity index (χ3n) is 4.98. The first-order valence-electron chi connectivity index (χ1n) is 9.15. The Kier molecular flexibility index (Phi) is 6.42. The molecule has 27 heavy (non-hydrogen) atoms. The van der Waals surface area contributed by atoms with Crippen molar-refractivity contribution in [2.45, 2.75) is 12.6 Å². The van der Waals surface area contributed by atoms with E-state index in [2.05, 4.69) is 10.2 Å². The molecule has 2 aromatic rings. The third-order valence-corrected chi connectivity index (χ3v) is 4.98. The minimum Gasteiger partial charge on any atom is -0.496 e. The standard InChI is InChI=1S/C21H26FN3O2/c1-24(14-16-7-3-5-9-18(16)22)21(26)15-25-12-11-23-13-19(25)17-8-4-6-10-20(17)27-2/h3-10,19,23H,11-15H2,1-2H3. The lowest BCUT2D eigenvalue weighted by atomic mass is 10.0. The Bertz CT molecular complexity index is 784. The van der Waals surface area contributed by atoms with Crippen molar-refractivity contribution in [3.8, 4) is 5.75 Å². The summed E-state index contributed by atoms with van der Waals surface area (Å²) in [6.07, 6.45) is 0. The van der Waals surface area contributed by atoms with Gasteiger partial charge in [-0.05, 0) is 12.1 Å². The minimum absolute atomic E-state index is 0.0277. The van der Waals surface area contributed by atoms with Gasteiger partial charge in [-0.2, -0.15) is 0 Å². The van der Waals surface area contributed by atoms with Gasteiger partial charge in [0.1, 0.15) is 11.6 Å². The third kappa shape index (κ3) is 4.64. The average Bonchev–Trinajstić information content (AvgIpc) is 2.70. The van der Waals surface area contributed by atoms with E-state index in [1.807, 2.05) is 24.3 Å². The fourth-order valence-electron chi connectivity index (χ4n) is 3.45. The summed E-state index contributed by atoms with van der Waals surface area (Å²) in [6.45, 7) is 2.90. The van der Waals surface area contributed by atoms with E-state index in [0.717, 1.165) is 30.9 Å². The number of nitrogens with zero attached hydrogens (tertiary/aromatic N) is 2. The molecule has 2 aromatic carbocycles. The molecular formula is C21H26FN3O2. The van der Waals surface area contributed by atoms with Crippen LogP contribution >= 0.6 is 0 Å². The number of hydrogen-bond acceptors (Lipinski definition) is 4. The maximum Gasteiger partial charge on any atom is 0.236 e.